The fourth-order valence-electron chi connectivity index (χ4n) is 2.62. The first-order chi connectivity index (χ1) is 14.0. The molecular weight excluding hydrogens is 397 g/mol. The molecule has 0 aliphatic carbocycles. The van der Waals surface area contributed by atoms with Gasteiger partial charge >= 0.3 is 5.97 Å². The predicted molar refractivity (Wildman–Crippen MR) is 107 cm³/mol. The third-order valence-electron chi connectivity index (χ3n) is 3.98. The molecule has 1 amide bonds. The van der Waals surface area contributed by atoms with E-state index in [1.54, 1.807) is 54.6 Å². The Morgan fingerprint density at radius 2 is 1.59 bits per heavy atom. The summed E-state index contributed by atoms with van der Waals surface area (Å²) < 4.78 is 18.6. The fourth-order valence-corrected chi connectivity index (χ4v) is 2.86. The zero-order chi connectivity index (χ0) is 20.8. The van der Waals surface area contributed by atoms with Gasteiger partial charge in [-0.15, -0.1) is 0 Å². The number of esters is 1. The molecule has 1 N–H and O–H groups in total. The van der Waals surface area contributed by atoms with Gasteiger partial charge in [-0.2, -0.15) is 0 Å². The second-order valence-corrected chi connectivity index (χ2v) is 6.37. The molecule has 7 heteroatoms. The summed E-state index contributed by atoms with van der Waals surface area (Å²) in [6.07, 6.45) is 0. The first-order valence-electron chi connectivity index (χ1n) is 8.57. The number of ether oxygens (including phenoxy) is 1. The highest BCUT2D eigenvalue weighted by Crippen LogP contribution is 2.21. The van der Waals surface area contributed by atoms with Gasteiger partial charge in [0.1, 0.15) is 11.4 Å². The van der Waals surface area contributed by atoms with Crippen LogP contribution in [-0.2, 0) is 9.53 Å². The van der Waals surface area contributed by atoms with Crippen LogP contribution in [0.3, 0.4) is 0 Å². The van der Waals surface area contributed by atoms with Crippen LogP contribution in [0.1, 0.15) is 26.3 Å². The molecule has 0 radical (unpaired) electrons. The molecule has 0 aliphatic rings. The average Bonchev–Trinajstić information content (AvgIpc) is 2.73. The monoisotopic (exact) mass is 411 g/mol. The molecular formula is C22H15ClFNO4. The summed E-state index contributed by atoms with van der Waals surface area (Å²) in [4.78, 5) is 36.9. The number of carbonyl (C=O) groups is 3. The van der Waals surface area contributed by atoms with Crippen LogP contribution in [0.5, 0.6) is 0 Å². The molecule has 0 heterocycles. The lowest BCUT2D eigenvalue weighted by atomic mass is 10.0. The van der Waals surface area contributed by atoms with Gasteiger partial charge in [0.25, 0.3) is 5.91 Å². The predicted octanol–water partition coefficient (Wildman–Crippen LogP) is 4.51. The van der Waals surface area contributed by atoms with Gasteiger partial charge in [0.2, 0.25) is 0 Å². The molecule has 0 spiro atoms. The SMILES string of the molecule is O=C(COC(=O)c1c(F)cccc1Cl)Nc1ccccc1C(=O)c1ccccc1. The summed E-state index contributed by atoms with van der Waals surface area (Å²) in [5.74, 6) is -2.85. The molecule has 5 nitrogen and oxygen atoms in total. The molecule has 0 aromatic heterocycles. The molecule has 0 fully saturated rings. The van der Waals surface area contributed by atoms with E-state index in [1.165, 1.54) is 12.1 Å². The lowest BCUT2D eigenvalue weighted by Gasteiger charge is -2.11. The zero-order valence-corrected chi connectivity index (χ0v) is 15.8. The van der Waals surface area contributed by atoms with Crippen molar-refractivity contribution in [2.24, 2.45) is 0 Å². The standard InChI is InChI=1S/C22H15ClFNO4/c23-16-10-6-11-17(24)20(16)22(28)29-13-19(26)25-18-12-5-4-9-15(18)21(27)14-7-2-1-3-8-14/h1-12H,13H2,(H,25,26). The van der Waals surface area contributed by atoms with Crippen LogP contribution in [0.25, 0.3) is 0 Å². The number of hydrogen-bond donors (Lipinski definition) is 1. The Morgan fingerprint density at radius 1 is 0.897 bits per heavy atom. The first-order valence-corrected chi connectivity index (χ1v) is 8.95. The highest BCUT2D eigenvalue weighted by atomic mass is 35.5. The Morgan fingerprint density at radius 3 is 2.31 bits per heavy atom. The van der Waals surface area contributed by atoms with Crippen LogP contribution in [0.2, 0.25) is 5.02 Å². The summed E-state index contributed by atoms with van der Waals surface area (Å²) in [5.41, 5.74) is 0.582. The van der Waals surface area contributed by atoms with Crippen molar-refractivity contribution >= 4 is 34.9 Å². The molecule has 0 unspecified atom stereocenters. The molecule has 3 rings (SSSR count). The lowest BCUT2D eigenvalue weighted by Crippen LogP contribution is -2.22. The van der Waals surface area contributed by atoms with E-state index in [0.29, 0.717) is 5.56 Å². The van der Waals surface area contributed by atoms with Crippen molar-refractivity contribution in [3.05, 3.63) is 100 Å². The molecule has 0 bridgehead atoms. The summed E-state index contributed by atoms with van der Waals surface area (Å²) in [5, 5.41) is 2.42. The van der Waals surface area contributed by atoms with Gasteiger partial charge in [-0.25, -0.2) is 9.18 Å². The number of rotatable bonds is 6. The summed E-state index contributed by atoms with van der Waals surface area (Å²) in [6, 6.07) is 18.8. The van der Waals surface area contributed by atoms with Crippen LogP contribution in [0.15, 0.2) is 72.8 Å². The van der Waals surface area contributed by atoms with Crippen LogP contribution >= 0.6 is 11.6 Å². The second-order valence-electron chi connectivity index (χ2n) is 5.96. The summed E-state index contributed by atoms with van der Waals surface area (Å²) in [7, 11) is 0. The summed E-state index contributed by atoms with van der Waals surface area (Å²) >= 11 is 5.80. The van der Waals surface area contributed by atoms with E-state index in [1.807, 2.05) is 0 Å². The Hall–Kier alpha value is -3.51. The maximum atomic E-state index is 13.8. The van der Waals surface area contributed by atoms with Crippen LogP contribution < -0.4 is 5.32 Å². The van der Waals surface area contributed by atoms with Crippen LogP contribution in [-0.4, -0.2) is 24.3 Å². The van der Waals surface area contributed by atoms with Gasteiger partial charge in [0.05, 0.1) is 10.7 Å². The maximum Gasteiger partial charge on any atom is 0.343 e. The molecule has 3 aromatic carbocycles. The molecule has 0 saturated heterocycles. The number of carbonyl (C=O) groups excluding carboxylic acids is 3. The lowest BCUT2D eigenvalue weighted by molar-refractivity contribution is -0.119. The molecule has 29 heavy (non-hydrogen) atoms. The zero-order valence-electron chi connectivity index (χ0n) is 15.0. The van der Waals surface area contributed by atoms with Crippen LogP contribution in [0, 0.1) is 5.82 Å². The minimum absolute atomic E-state index is 0.116. The third kappa shape index (κ3) is 4.86. The largest absolute Gasteiger partial charge is 0.452 e. The normalized spacial score (nSPS) is 10.3. The van der Waals surface area contributed by atoms with Gasteiger partial charge < -0.3 is 10.1 Å². The fraction of sp³-hybridized carbons (Fsp3) is 0.0455. The van der Waals surface area contributed by atoms with E-state index in [9.17, 15) is 18.8 Å². The van der Waals surface area contributed by atoms with Crippen molar-refractivity contribution in [2.75, 3.05) is 11.9 Å². The number of hydrogen-bond acceptors (Lipinski definition) is 4. The molecule has 0 aliphatic heterocycles. The molecule has 0 saturated carbocycles. The van der Waals surface area contributed by atoms with Gasteiger partial charge in [-0.05, 0) is 24.3 Å². The van der Waals surface area contributed by atoms with E-state index < -0.39 is 29.9 Å². The minimum atomic E-state index is -1.06. The Kier molecular flexibility index (Phi) is 6.36. The Labute approximate surface area is 171 Å². The maximum absolute atomic E-state index is 13.8. The van der Waals surface area contributed by atoms with Crippen molar-refractivity contribution in [2.45, 2.75) is 0 Å². The molecule has 146 valence electrons. The topological polar surface area (TPSA) is 72.5 Å². The van der Waals surface area contributed by atoms with Gasteiger partial charge in [0.15, 0.2) is 12.4 Å². The smallest absolute Gasteiger partial charge is 0.343 e. The number of para-hydroxylation sites is 1. The van der Waals surface area contributed by atoms with Crippen molar-refractivity contribution in [1.29, 1.82) is 0 Å². The van der Waals surface area contributed by atoms with Gasteiger partial charge in [-0.1, -0.05) is 60.1 Å². The number of nitrogens with one attached hydrogen (secondary N) is 1. The van der Waals surface area contributed by atoms with E-state index in [4.69, 9.17) is 16.3 Å². The quantitative estimate of drug-likeness (QED) is 0.478. The molecule has 0 atom stereocenters. The number of ketones is 1. The average molecular weight is 412 g/mol. The first kappa shape index (κ1) is 20.2. The van der Waals surface area contributed by atoms with Crippen molar-refractivity contribution in [1.82, 2.24) is 0 Å². The van der Waals surface area contributed by atoms with Gasteiger partial charge in [0, 0.05) is 11.1 Å². The van der Waals surface area contributed by atoms with Crippen molar-refractivity contribution in [3.8, 4) is 0 Å². The third-order valence-corrected chi connectivity index (χ3v) is 4.30. The number of amides is 1. The highest BCUT2D eigenvalue weighted by molar-refractivity contribution is 6.33. The second kappa shape index (κ2) is 9.12. The van der Waals surface area contributed by atoms with Crippen molar-refractivity contribution in [3.63, 3.8) is 0 Å². The molecule has 3 aromatic rings. The summed E-state index contributed by atoms with van der Waals surface area (Å²) in [6.45, 7) is -0.669. The number of halogens is 2. The Bertz CT molecular complexity index is 1050. The van der Waals surface area contributed by atoms with E-state index in [-0.39, 0.29) is 22.1 Å². The van der Waals surface area contributed by atoms with E-state index >= 15 is 0 Å². The van der Waals surface area contributed by atoms with Gasteiger partial charge in [-0.3, -0.25) is 9.59 Å². The minimum Gasteiger partial charge on any atom is -0.452 e. The Balaban J connectivity index is 1.69. The van der Waals surface area contributed by atoms with Crippen LogP contribution in [0.4, 0.5) is 10.1 Å². The van der Waals surface area contributed by atoms with E-state index in [2.05, 4.69) is 5.32 Å². The number of anilines is 1. The highest BCUT2D eigenvalue weighted by Gasteiger charge is 2.19. The van der Waals surface area contributed by atoms with Crippen molar-refractivity contribution < 1.29 is 23.5 Å². The number of benzene rings is 3. The van der Waals surface area contributed by atoms with E-state index in [0.717, 1.165) is 6.07 Å².